The van der Waals surface area contributed by atoms with Gasteiger partial charge in [0.1, 0.15) is 11.4 Å². The molecule has 1 fully saturated rings. The Morgan fingerprint density at radius 2 is 1.93 bits per heavy atom. The average Bonchev–Trinajstić information content (AvgIpc) is 2.69. The molecule has 5 heteroatoms. The van der Waals surface area contributed by atoms with Crippen LogP contribution < -0.4 is 4.74 Å². The first-order chi connectivity index (χ1) is 13.5. The molecule has 1 amide bonds. The van der Waals surface area contributed by atoms with E-state index in [2.05, 4.69) is 31.0 Å². The van der Waals surface area contributed by atoms with Gasteiger partial charge in [0.05, 0.1) is 13.2 Å². The van der Waals surface area contributed by atoms with Gasteiger partial charge in [-0.2, -0.15) is 0 Å². The first kappa shape index (κ1) is 21.9. The van der Waals surface area contributed by atoms with Crippen molar-refractivity contribution in [1.82, 2.24) is 9.88 Å². The van der Waals surface area contributed by atoms with Crippen molar-refractivity contribution in [1.29, 1.82) is 0 Å². The summed E-state index contributed by atoms with van der Waals surface area (Å²) in [6.07, 6.45) is 1.66. The van der Waals surface area contributed by atoms with Crippen LogP contribution in [0.5, 0.6) is 5.75 Å². The van der Waals surface area contributed by atoms with Crippen molar-refractivity contribution in [2.45, 2.75) is 46.6 Å². The number of aryl methyl sites for hydroxylation is 1. The Morgan fingerprint density at radius 1 is 1.21 bits per heavy atom. The summed E-state index contributed by atoms with van der Waals surface area (Å²) in [4.78, 5) is 18.8. The maximum absolute atomic E-state index is 12.7. The van der Waals surface area contributed by atoms with Crippen molar-refractivity contribution in [3.8, 4) is 5.75 Å². The van der Waals surface area contributed by atoms with Crippen LogP contribution in [0.4, 0.5) is 0 Å². The third-order valence-electron chi connectivity index (χ3n) is 4.89. The van der Waals surface area contributed by atoms with Crippen LogP contribution in [-0.4, -0.2) is 42.6 Å². The zero-order valence-electron chi connectivity index (χ0n) is 17.9. The molecular weight excluding hydrogens is 352 g/mol. The minimum absolute atomic E-state index is 0.0249. The van der Waals surface area contributed by atoms with Crippen molar-refractivity contribution in [3.63, 3.8) is 0 Å². The van der Waals surface area contributed by atoms with Crippen molar-refractivity contribution < 1.29 is 14.3 Å². The van der Waals surface area contributed by atoms with Gasteiger partial charge in [-0.25, -0.2) is 0 Å². The molecule has 0 radical (unpaired) electrons. The van der Waals surface area contributed by atoms with Crippen molar-refractivity contribution in [2.75, 3.05) is 26.8 Å². The summed E-state index contributed by atoms with van der Waals surface area (Å²) in [5, 5.41) is 0. The Hall–Kier alpha value is -2.40. The highest BCUT2D eigenvalue weighted by atomic mass is 16.5. The highest BCUT2D eigenvalue weighted by Crippen LogP contribution is 2.36. The number of ether oxygens (including phenoxy) is 2. The van der Waals surface area contributed by atoms with Crippen LogP contribution in [0.3, 0.4) is 0 Å². The fourth-order valence-electron chi connectivity index (χ4n) is 3.47. The van der Waals surface area contributed by atoms with Gasteiger partial charge in [0, 0.05) is 31.8 Å². The fourth-order valence-corrected chi connectivity index (χ4v) is 3.47. The number of pyridine rings is 1. The number of carbonyl (C=O) groups is 1. The van der Waals surface area contributed by atoms with Gasteiger partial charge in [0.15, 0.2) is 0 Å². The second-order valence-corrected chi connectivity index (χ2v) is 7.12. The van der Waals surface area contributed by atoms with Crippen LogP contribution in [0.15, 0.2) is 36.5 Å². The standard InChI is InChI=1S/C21H26N2O3.C2H6/c1-5-26-19-7-6-17(10-15(19)2)21(3)13-23(14-21)20(24)18-11-16(12-25-4)8-9-22-18;1-2/h6-11H,5,12-14H2,1-4H3;1-2H3. The summed E-state index contributed by atoms with van der Waals surface area (Å²) < 4.78 is 10.8. The zero-order chi connectivity index (χ0) is 20.7. The largest absolute Gasteiger partial charge is 0.494 e. The van der Waals surface area contributed by atoms with Gasteiger partial charge in [0.25, 0.3) is 5.91 Å². The summed E-state index contributed by atoms with van der Waals surface area (Å²) in [7, 11) is 1.64. The molecule has 0 unspecified atom stereocenters. The van der Waals surface area contributed by atoms with E-state index in [-0.39, 0.29) is 11.3 Å². The van der Waals surface area contributed by atoms with E-state index >= 15 is 0 Å². The van der Waals surface area contributed by atoms with Crippen molar-refractivity contribution in [2.24, 2.45) is 0 Å². The minimum Gasteiger partial charge on any atom is -0.494 e. The Kier molecular flexibility index (Phi) is 7.58. The summed E-state index contributed by atoms with van der Waals surface area (Å²) in [5.41, 5.74) is 3.77. The van der Waals surface area contributed by atoms with E-state index in [0.29, 0.717) is 32.0 Å². The van der Waals surface area contributed by atoms with Gasteiger partial charge in [-0.05, 0) is 48.7 Å². The second kappa shape index (κ2) is 9.69. The molecule has 1 aromatic heterocycles. The van der Waals surface area contributed by atoms with Gasteiger partial charge < -0.3 is 14.4 Å². The summed E-state index contributed by atoms with van der Waals surface area (Å²) in [6.45, 7) is 12.8. The monoisotopic (exact) mass is 384 g/mol. The molecule has 0 N–H and O–H groups in total. The Balaban J connectivity index is 0.00000136. The number of likely N-dealkylation sites (tertiary alicyclic amines) is 1. The van der Waals surface area contributed by atoms with E-state index in [1.54, 1.807) is 13.3 Å². The predicted octanol–water partition coefficient (Wildman–Crippen LogP) is 4.38. The fraction of sp³-hybridized carbons (Fsp3) is 0.478. The maximum Gasteiger partial charge on any atom is 0.272 e. The number of nitrogens with zero attached hydrogens (tertiary/aromatic N) is 2. The lowest BCUT2D eigenvalue weighted by Gasteiger charge is -2.48. The molecule has 28 heavy (non-hydrogen) atoms. The smallest absolute Gasteiger partial charge is 0.272 e. The Labute approximate surface area is 168 Å². The Morgan fingerprint density at radius 3 is 2.54 bits per heavy atom. The molecule has 3 rings (SSSR count). The molecule has 0 bridgehead atoms. The van der Waals surface area contributed by atoms with E-state index in [0.717, 1.165) is 16.9 Å². The number of rotatable bonds is 6. The SMILES string of the molecule is CC.CCOc1ccc(C2(C)CN(C(=O)c3cc(COC)ccn3)C2)cc1C. The molecule has 1 aromatic carbocycles. The Bertz CT molecular complexity index is 798. The van der Waals surface area contributed by atoms with Gasteiger partial charge in [0.2, 0.25) is 0 Å². The zero-order valence-corrected chi connectivity index (χ0v) is 17.9. The number of benzene rings is 1. The average molecular weight is 385 g/mol. The normalized spacial score (nSPS) is 14.6. The molecule has 1 aliphatic rings. The molecule has 1 aliphatic heterocycles. The van der Waals surface area contributed by atoms with Crippen LogP contribution in [-0.2, 0) is 16.8 Å². The number of hydrogen-bond donors (Lipinski definition) is 0. The molecule has 5 nitrogen and oxygen atoms in total. The highest BCUT2D eigenvalue weighted by Gasteiger charge is 2.43. The van der Waals surface area contributed by atoms with Crippen LogP contribution in [0.25, 0.3) is 0 Å². The van der Waals surface area contributed by atoms with E-state index in [4.69, 9.17) is 9.47 Å². The van der Waals surface area contributed by atoms with Crippen molar-refractivity contribution >= 4 is 5.91 Å². The molecule has 0 aliphatic carbocycles. The van der Waals surface area contributed by atoms with Crippen LogP contribution in [0.1, 0.15) is 54.9 Å². The summed E-state index contributed by atoms with van der Waals surface area (Å²) in [6, 6.07) is 9.98. The number of methoxy groups -OCH3 is 1. The summed E-state index contributed by atoms with van der Waals surface area (Å²) in [5.74, 6) is 0.898. The minimum atomic E-state index is -0.0324. The summed E-state index contributed by atoms with van der Waals surface area (Å²) >= 11 is 0. The van der Waals surface area contributed by atoms with E-state index in [9.17, 15) is 4.79 Å². The first-order valence-corrected chi connectivity index (χ1v) is 9.94. The van der Waals surface area contributed by atoms with Crippen LogP contribution in [0.2, 0.25) is 0 Å². The molecule has 0 saturated carbocycles. The van der Waals surface area contributed by atoms with Gasteiger partial charge >= 0.3 is 0 Å². The number of aromatic nitrogens is 1. The lowest BCUT2D eigenvalue weighted by atomic mass is 9.75. The van der Waals surface area contributed by atoms with Gasteiger partial charge in [-0.1, -0.05) is 32.9 Å². The second-order valence-electron chi connectivity index (χ2n) is 7.12. The quantitative estimate of drug-likeness (QED) is 0.742. The van der Waals surface area contributed by atoms with Gasteiger partial charge in [-0.15, -0.1) is 0 Å². The van der Waals surface area contributed by atoms with E-state index in [1.807, 2.05) is 43.9 Å². The van der Waals surface area contributed by atoms with Crippen molar-refractivity contribution in [3.05, 3.63) is 58.9 Å². The number of amides is 1. The van der Waals surface area contributed by atoms with Crippen LogP contribution in [0, 0.1) is 6.92 Å². The predicted molar refractivity (Wildman–Crippen MR) is 112 cm³/mol. The lowest BCUT2D eigenvalue weighted by molar-refractivity contribution is 0.0427. The molecule has 0 spiro atoms. The number of hydrogen-bond acceptors (Lipinski definition) is 4. The maximum atomic E-state index is 12.7. The highest BCUT2D eigenvalue weighted by molar-refractivity contribution is 5.93. The first-order valence-electron chi connectivity index (χ1n) is 9.94. The molecule has 1 saturated heterocycles. The molecule has 2 heterocycles. The van der Waals surface area contributed by atoms with Gasteiger partial charge in [-0.3, -0.25) is 9.78 Å². The van der Waals surface area contributed by atoms with E-state index in [1.165, 1.54) is 5.56 Å². The molecular formula is C23H32N2O3. The third-order valence-corrected chi connectivity index (χ3v) is 4.89. The third kappa shape index (κ3) is 4.71. The molecule has 152 valence electrons. The molecule has 2 aromatic rings. The van der Waals surface area contributed by atoms with E-state index < -0.39 is 0 Å². The topological polar surface area (TPSA) is 51.7 Å². The number of carbonyl (C=O) groups excluding carboxylic acids is 1. The molecule has 0 atom stereocenters. The lowest BCUT2D eigenvalue weighted by Crippen LogP contribution is -2.59. The van der Waals surface area contributed by atoms with Crippen LogP contribution >= 0.6 is 0 Å².